The molecule has 8 nitrogen and oxygen atoms in total. The minimum absolute atomic E-state index is 0.0258. The van der Waals surface area contributed by atoms with Crippen molar-refractivity contribution < 1.29 is 9.90 Å². The highest BCUT2D eigenvalue weighted by Crippen LogP contribution is 2.27. The van der Waals surface area contributed by atoms with Gasteiger partial charge in [-0.25, -0.2) is 9.78 Å². The molecule has 2 aromatic heterocycles. The second-order valence-corrected chi connectivity index (χ2v) is 9.02. The van der Waals surface area contributed by atoms with Gasteiger partial charge in [-0.3, -0.25) is 13.9 Å². The monoisotopic (exact) mass is 449 g/mol. The SMILES string of the molecule is Cc1cnc(N2CCN(C(=O)c3ccc(-n4c(C(C)C)c(O)n(C)c4=O)cc3)CC2)c(C)c1. The van der Waals surface area contributed by atoms with Crippen molar-refractivity contribution in [2.24, 2.45) is 7.05 Å². The quantitative estimate of drug-likeness (QED) is 0.662. The number of aromatic nitrogens is 3. The van der Waals surface area contributed by atoms with Crippen LogP contribution >= 0.6 is 0 Å². The van der Waals surface area contributed by atoms with Gasteiger partial charge < -0.3 is 14.9 Å². The molecule has 0 radical (unpaired) electrons. The summed E-state index contributed by atoms with van der Waals surface area (Å²) in [5.41, 5.74) is 3.73. The van der Waals surface area contributed by atoms with Gasteiger partial charge in [0.05, 0.1) is 11.4 Å². The van der Waals surface area contributed by atoms with Crippen LogP contribution < -0.4 is 10.6 Å². The zero-order valence-electron chi connectivity index (χ0n) is 19.9. The van der Waals surface area contributed by atoms with Gasteiger partial charge in [0.1, 0.15) is 5.82 Å². The lowest BCUT2D eigenvalue weighted by Crippen LogP contribution is -2.49. The number of aromatic hydroxyl groups is 1. The summed E-state index contributed by atoms with van der Waals surface area (Å²) in [4.78, 5) is 34.4. The van der Waals surface area contributed by atoms with Crippen molar-refractivity contribution in [3.05, 3.63) is 69.4 Å². The molecule has 3 aromatic rings. The first-order valence-electron chi connectivity index (χ1n) is 11.3. The summed E-state index contributed by atoms with van der Waals surface area (Å²) in [5, 5.41) is 10.4. The number of hydrogen-bond acceptors (Lipinski definition) is 5. The molecule has 0 spiro atoms. The van der Waals surface area contributed by atoms with Crippen molar-refractivity contribution in [2.75, 3.05) is 31.1 Å². The van der Waals surface area contributed by atoms with Crippen LogP contribution in [0, 0.1) is 13.8 Å². The van der Waals surface area contributed by atoms with Crippen LogP contribution in [0.3, 0.4) is 0 Å². The third kappa shape index (κ3) is 4.13. The Labute approximate surface area is 193 Å². The molecule has 1 aliphatic heterocycles. The molecule has 3 heterocycles. The maximum atomic E-state index is 13.1. The number of rotatable bonds is 4. The number of carbonyl (C=O) groups is 1. The van der Waals surface area contributed by atoms with E-state index in [2.05, 4.69) is 22.9 Å². The van der Waals surface area contributed by atoms with E-state index in [0.717, 1.165) is 30.0 Å². The van der Waals surface area contributed by atoms with Crippen molar-refractivity contribution in [1.82, 2.24) is 19.0 Å². The Morgan fingerprint density at radius 2 is 1.70 bits per heavy atom. The van der Waals surface area contributed by atoms with Crippen LogP contribution in [0.1, 0.15) is 46.9 Å². The Balaban J connectivity index is 1.49. The van der Waals surface area contributed by atoms with Gasteiger partial charge in [0.15, 0.2) is 0 Å². The van der Waals surface area contributed by atoms with Gasteiger partial charge >= 0.3 is 5.69 Å². The molecule has 1 fully saturated rings. The molecule has 0 aliphatic carbocycles. The van der Waals surface area contributed by atoms with E-state index in [1.165, 1.54) is 9.13 Å². The predicted molar refractivity (Wildman–Crippen MR) is 129 cm³/mol. The van der Waals surface area contributed by atoms with E-state index in [1.807, 2.05) is 31.9 Å². The molecule has 1 saturated heterocycles. The molecular weight excluding hydrogens is 418 g/mol. The van der Waals surface area contributed by atoms with E-state index in [9.17, 15) is 14.7 Å². The van der Waals surface area contributed by atoms with E-state index >= 15 is 0 Å². The molecule has 0 saturated carbocycles. The van der Waals surface area contributed by atoms with Crippen LogP contribution in [-0.4, -0.2) is 56.2 Å². The molecule has 1 aromatic carbocycles. The fourth-order valence-corrected chi connectivity index (χ4v) is 4.48. The van der Waals surface area contributed by atoms with Gasteiger partial charge in [0, 0.05) is 45.0 Å². The molecule has 0 atom stereocenters. The number of hydrogen-bond donors (Lipinski definition) is 1. The summed E-state index contributed by atoms with van der Waals surface area (Å²) in [6.07, 6.45) is 1.88. The highest BCUT2D eigenvalue weighted by Gasteiger charge is 2.25. The molecule has 1 aliphatic rings. The van der Waals surface area contributed by atoms with Gasteiger partial charge in [-0.1, -0.05) is 19.9 Å². The zero-order chi connectivity index (χ0) is 23.9. The molecule has 0 bridgehead atoms. The standard InChI is InChI=1S/C25H31N5O3/c1-16(2)21-24(32)27(5)25(33)30(21)20-8-6-19(7-9-20)23(31)29-12-10-28(11-13-29)22-18(4)14-17(3)15-26-22/h6-9,14-16,32H,10-13H2,1-5H3. The van der Waals surface area contributed by atoms with Gasteiger partial charge in [-0.2, -0.15) is 0 Å². The number of benzene rings is 1. The number of nitrogens with zero attached hydrogens (tertiary/aromatic N) is 5. The minimum Gasteiger partial charge on any atom is -0.493 e. The lowest BCUT2D eigenvalue weighted by Gasteiger charge is -2.36. The summed E-state index contributed by atoms with van der Waals surface area (Å²) in [5.74, 6) is 0.881. The van der Waals surface area contributed by atoms with Crippen LogP contribution in [0.5, 0.6) is 5.88 Å². The maximum Gasteiger partial charge on any atom is 0.335 e. The van der Waals surface area contributed by atoms with E-state index in [4.69, 9.17) is 0 Å². The number of carbonyl (C=O) groups excluding carboxylic acids is 1. The first-order chi connectivity index (χ1) is 15.7. The fraction of sp³-hybridized carbons (Fsp3) is 0.400. The highest BCUT2D eigenvalue weighted by molar-refractivity contribution is 5.94. The largest absolute Gasteiger partial charge is 0.493 e. The van der Waals surface area contributed by atoms with Gasteiger partial charge in [-0.15, -0.1) is 0 Å². The summed E-state index contributed by atoms with van der Waals surface area (Å²) < 4.78 is 2.74. The van der Waals surface area contributed by atoms with E-state index < -0.39 is 0 Å². The lowest BCUT2D eigenvalue weighted by atomic mass is 10.1. The molecule has 1 N–H and O–H groups in total. The van der Waals surface area contributed by atoms with E-state index in [0.29, 0.717) is 30.0 Å². The van der Waals surface area contributed by atoms with Crippen molar-refractivity contribution in [1.29, 1.82) is 0 Å². The van der Waals surface area contributed by atoms with Crippen LogP contribution in [0.2, 0.25) is 0 Å². The van der Waals surface area contributed by atoms with E-state index in [1.54, 1.807) is 31.3 Å². The summed E-state index contributed by atoms with van der Waals surface area (Å²) >= 11 is 0. The maximum absolute atomic E-state index is 13.1. The van der Waals surface area contributed by atoms with Crippen molar-refractivity contribution >= 4 is 11.7 Å². The number of amides is 1. The summed E-state index contributed by atoms with van der Waals surface area (Å²) in [6.45, 7) is 10.7. The number of anilines is 1. The molecule has 1 amide bonds. The number of imidazole rings is 1. The smallest absolute Gasteiger partial charge is 0.335 e. The second kappa shape index (κ2) is 8.77. The Bertz CT molecular complexity index is 1230. The Morgan fingerprint density at radius 1 is 1.06 bits per heavy atom. The number of pyridine rings is 1. The first-order valence-corrected chi connectivity index (χ1v) is 11.3. The lowest BCUT2D eigenvalue weighted by molar-refractivity contribution is 0.0746. The first kappa shape index (κ1) is 22.6. The number of piperazine rings is 1. The van der Waals surface area contributed by atoms with Crippen molar-refractivity contribution in [3.8, 4) is 11.6 Å². The summed E-state index contributed by atoms with van der Waals surface area (Å²) in [7, 11) is 1.55. The highest BCUT2D eigenvalue weighted by atomic mass is 16.3. The average Bonchev–Trinajstić information content (AvgIpc) is 3.03. The number of aryl methyl sites for hydroxylation is 2. The molecule has 0 unspecified atom stereocenters. The molecule has 4 rings (SSSR count). The zero-order valence-corrected chi connectivity index (χ0v) is 19.9. The van der Waals surface area contributed by atoms with Gasteiger partial charge in [0.25, 0.3) is 5.91 Å². The van der Waals surface area contributed by atoms with Gasteiger partial charge in [0.2, 0.25) is 5.88 Å². The van der Waals surface area contributed by atoms with Crippen LogP contribution in [0.15, 0.2) is 41.3 Å². The minimum atomic E-state index is -0.314. The van der Waals surface area contributed by atoms with Crippen molar-refractivity contribution in [3.63, 3.8) is 0 Å². The molecule has 174 valence electrons. The third-order valence-electron chi connectivity index (χ3n) is 6.24. The summed E-state index contributed by atoms with van der Waals surface area (Å²) in [6, 6.07) is 9.14. The average molecular weight is 450 g/mol. The third-order valence-corrected chi connectivity index (χ3v) is 6.24. The molecule has 33 heavy (non-hydrogen) atoms. The normalized spacial score (nSPS) is 14.2. The van der Waals surface area contributed by atoms with Crippen molar-refractivity contribution in [2.45, 2.75) is 33.6 Å². The predicted octanol–water partition coefficient (Wildman–Crippen LogP) is 2.98. The fourth-order valence-electron chi connectivity index (χ4n) is 4.48. The van der Waals surface area contributed by atoms with Gasteiger partial charge in [-0.05, 0) is 55.2 Å². The van der Waals surface area contributed by atoms with Crippen LogP contribution in [-0.2, 0) is 7.05 Å². The van der Waals surface area contributed by atoms with Crippen LogP contribution in [0.4, 0.5) is 5.82 Å². The van der Waals surface area contributed by atoms with E-state index in [-0.39, 0.29) is 23.4 Å². The Kier molecular flexibility index (Phi) is 6.01. The second-order valence-electron chi connectivity index (χ2n) is 9.02. The Morgan fingerprint density at radius 3 is 2.27 bits per heavy atom. The topological polar surface area (TPSA) is 83.6 Å². The molecular formula is C25H31N5O3. The Hall–Kier alpha value is -3.55. The molecule has 8 heteroatoms. The van der Waals surface area contributed by atoms with Crippen LogP contribution in [0.25, 0.3) is 5.69 Å².